The number of hydrogen-bond acceptors (Lipinski definition) is 3. The molecule has 0 heterocycles. The molecule has 0 aliphatic rings. The van der Waals surface area contributed by atoms with Gasteiger partial charge >= 0.3 is 5.97 Å². The van der Waals surface area contributed by atoms with Gasteiger partial charge in [0.25, 0.3) is 0 Å². The van der Waals surface area contributed by atoms with E-state index in [2.05, 4.69) is 0 Å². The van der Waals surface area contributed by atoms with Crippen molar-refractivity contribution in [2.24, 2.45) is 0 Å². The van der Waals surface area contributed by atoms with E-state index < -0.39 is 18.2 Å². The van der Waals surface area contributed by atoms with Gasteiger partial charge in [0.1, 0.15) is 5.92 Å². The number of hydrogen-bond donors (Lipinski definition) is 3. The monoisotopic (exact) mass is 161 g/mol. The number of carbonyl (C=O) groups is 1. The largest absolute Gasteiger partial charge is 0.481 e. The van der Waals surface area contributed by atoms with Crippen molar-refractivity contribution >= 4 is 5.97 Å². The molecule has 0 amide bonds. The predicted octanol–water partition coefficient (Wildman–Crippen LogP) is -0.203. The Morgan fingerprint density at radius 3 is 2.00 bits per heavy atom. The quantitative estimate of drug-likeness (QED) is 0.533. The van der Waals surface area contributed by atoms with E-state index in [1.54, 1.807) is 6.92 Å². The van der Waals surface area contributed by atoms with Crippen LogP contribution in [-0.4, -0.2) is 33.5 Å². The molecule has 4 nitrogen and oxygen atoms in total. The van der Waals surface area contributed by atoms with E-state index in [4.69, 9.17) is 15.3 Å². The van der Waals surface area contributed by atoms with Crippen molar-refractivity contribution < 1.29 is 20.1 Å². The van der Waals surface area contributed by atoms with Gasteiger partial charge in [0.2, 0.25) is 0 Å². The zero-order chi connectivity index (χ0) is 9.02. The number of aliphatic hydroxyl groups is 2. The number of aliphatic hydroxyl groups excluding tert-OH is 2. The van der Waals surface area contributed by atoms with Gasteiger partial charge in [-0.25, -0.2) is 0 Å². The van der Waals surface area contributed by atoms with E-state index in [-0.39, 0.29) is 5.92 Å². The maximum atomic E-state index is 10.4. The van der Waals surface area contributed by atoms with Crippen LogP contribution < -0.4 is 0 Å². The first-order chi connectivity index (χ1) is 5.00. The van der Waals surface area contributed by atoms with Gasteiger partial charge in [-0.3, -0.25) is 4.79 Å². The van der Waals surface area contributed by atoms with Crippen molar-refractivity contribution in [1.29, 1.82) is 0 Å². The summed E-state index contributed by atoms with van der Waals surface area (Å²) in [6, 6.07) is 0. The topological polar surface area (TPSA) is 77.8 Å². The highest BCUT2D eigenvalue weighted by atomic mass is 16.4. The van der Waals surface area contributed by atoms with Crippen molar-refractivity contribution in [3.8, 4) is 0 Å². The van der Waals surface area contributed by atoms with Gasteiger partial charge in [0.15, 0.2) is 0 Å². The van der Waals surface area contributed by atoms with E-state index in [0.29, 0.717) is 6.42 Å². The first-order valence-corrected chi connectivity index (χ1v) is 3.46. The minimum Gasteiger partial charge on any atom is -0.481 e. The normalized spacial score (nSPS) is 16.5. The van der Waals surface area contributed by atoms with E-state index in [9.17, 15) is 4.79 Å². The SMILES string of the molecule is CCC(O)[C](C(=O)O)C(C)O. The van der Waals surface area contributed by atoms with E-state index in [0.717, 1.165) is 0 Å². The number of carboxylic acids is 1. The molecule has 0 aromatic carbocycles. The van der Waals surface area contributed by atoms with Crippen LogP contribution in [0.15, 0.2) is 0 Å². The van der Waals surface area contributed by atoms with Gasteiger partial charge in [-0.05, 0) is 13.3 Å². The zero-order valence-electron chi connectivity index (χ0n) is 6.61. The van der Waals surface area contributed by atoms with Crippen LogP contribution in [0.5, 0.6) is 0 Å². The van der Waals surface area contributed by atoms with E-state index in [1.165, 1.54) is 6.92 Å². The summed E-state index contributed by atoms with van der Waals surface area (Å²) in [7, 11) is 0. The standard InChI is InChI=1S/C7H13O4/c1-3-5(9)6(4(2)8)7(10)11/h4-5,8-9H,3H2,1-2H3,(H,10,11). The molecule has 0 fully saturated rings. The van der Waals surface area contributed by atoms with E-state index in [1.807, 2.05) is 0 Å². The molecule has 11 heavy (non-hydrogen) atoms. The summed E-state index contributed by atoms with van der Waals surface area (Å²) in [5, 5.41) is 26.5. The molecule has 0 aliphatic carbocycles. The molecule has 1 radical (unpaired) electrons. The van der Waals surface area contributed by atoms with Crippen LogP contribution in [0, 0.1) is 5.92 Å². The molecule has 0 saturated heterocycles. The number of aliphatic carboxylic acids is 1. The Labute approximate surface area is 65.5 Å². The Morgan fingerprint density at radius 2 is 1.91 bits per heavy atom. The van der Waals surface area contributed by atoms with Crippen LogP contribution >= 0.6 is 0 Å². The Hall–Kier alpha value is -0.610. The van der Waals surface area contributed by atoms with Crippen LogP contribution in [-0.2, 0) is 4.79 Å². The fourth-order valence-electron chi connectivity index (χ4n) is 0.820. The molecule has 0 saturated carbocycles. The second-order valence-electron chi connectivity index (χ2n) is 2.36. The zero-order valence-corrected chi connectivity index (χ0v) is 6.61. The highest BCUT2D eigenvalue weighted by molar-refractivity contribution is 5.84. The predicted molar refractivity (Wildman–Crippen MR) is 38.9 cm³/mol. The second kappa shape index (κ2) is 4.31. The average molecular weight is 161 g/mol. The molecule has 0 bridgehead atoms. The summed E-state index contributed by atoms with van der Waals surface area (Å²) in [5.74, 6) is -1.48. The molecule has 2 unspecified atom stereocenters. The lowest BCUT2D eigenvalue weighted by Gasteiger charge is -2.18. The minimum absolute atomic E-state index is 0.243. The highest BCUT2D eigenvalue weighted by Gasteiger charge is 2.30. The first-order valence-electron chi connectivity index (χ1n) is 3.46. The molecular formula is C7H13O4. The molecule has 0 rings (SSSR count). The van der Waals surface area contributed by atoms with E-state index >= 15 is 0 Å². The van der Waals surface area contributed by atoms with Crippen LogP contribution in [0.1, 0.15) is 20.3 Å². The summed E-state index contributed by atoms with van der Waals surface area (Å²) >= 11 is 0. The van der Waals surface area contributed by atoms with Gasteiger partial charge in [-0.1, -0.05) is 6.92 Å². The molecule has 0 spiro atoms. The van der Waals surface area contributed by atoms with Gasteiger partial charge in [0.05, 0.1) is 12.2 Å². The fourth-order valence-corrected chi connectivity index (χ4v) is 0.820. The molecule has 3 N–H and O–H groups in total. The minimum atomic E-state index is -1.24. The van der Waals surface area contributed by atoms with Gasteiger partial charge in [-0.2, -0.15) is 0 Å². The Kier molecular flexibility index (Phi) is 4.07. The number of rotatable bonds is 4. The summed E-state index contributed by atoms with van der Waals surface area (Å²) < 4.78 is 0. The Balaban J connectivity index is 4.21. The molecule has 65 valence electrons. The maximum Gasteiger partial charge on any atom is 0.316 e. The Morgan fingerprint density at radius 1 is 1.45 bits per heavy atom. The fraction of sp³-hybridized carbons (Fsp3) is 0.714. The first kappa shape index (κ1) is 10.4. The van der Waals surface area contributed by atoms with Crippen LogP contribution in [0.2, 0.25) is 0 Å². The second-order valence-corrected chi connectivity index (χ2v) is 2.36. The average Bonchev–Trinajstić information content (AvgIpc) is 1.85. The summed E-state index contributed by atoms with van der Waals surface area (Å²) in [4.78, 5) is 10.4. The molecule has 0 aliphatic heterocycles. The van der Waals surface area contributed by atoms with Gasteiger partial charge < -0.3 is 15.3 Å². The van der Waals surface area contributed by atoms with Crippen molar-refractivity contribution in [2.75, 3.05) is 0 Å². The lowest BCUT2D eigenvalue weighted by molar-refractivity contribution is -0.138. The molecule has 4 heteroatoms. The van der Waals surface area contributed by atoms with Crippen LogP contribution in [0.3, 0.4) is 0 Å². The van der Waals surface area contributed by atoms with Crippen LogP contribution in [0.25, 0.3) is 0 Å². The van der Waals surface area contributed by atoms with Crippen molar-refractivity contribution in [3.63, 3.8) is 0 Å². The summed E-state index contributed by atoms with van der Waals surface area (Å²) in [5.41, 5.74) is 0. The Bertz CT molecular complexity index is 132. The summed E-state index contributed by atoms with van der Waals surface area (Å²) in [6.45, 7) is 2.97. The third kappa shape index (κ3) is 2.86. The van der Waals surface area contributed by atoms with Crippen molar-refractivity contribution in [2.45, 2.75) is 32.5 Å². The smallest absolute Gasteiger partial charge is 0.316 e. The molecule has 0 aromatic rings. The molecule has 0 aromatic heterocycles. The van der Waals surface area contributed by atoms with Gasteiger partial charge in [0, 0.05) is 0 Å². The third-order valence-electron chi connectivity index (χ3n) is 1.44. The number of carboxylic acid groups (broad SMARTS) is 1. The highest BCUT2D eigenvalue weighted by Crippen LogP contribution is 2.14. The lowest BCUT2D eigenvalue weighted by atomic mass is 9.95. The maximum absolute atomic E-state index is 10.4. The molecule has 2 atom stereocenters. The van der Waals surface area contributed by atoms with Gasteiger partial charge in [-0.15, -0.1) is 0 Å². The summed E-state index contributed by atoms with van der Waals surface area (Å²) in [6.07, 6.45) is -1.85. The van der Waals surface area contributed by atoms with Crippen molar-refractivity contribution in [1.82, 2.24) is 0 Å². The third-order valence-corrected chi connectivity index (χ3v) is 1.44. The lowest BCUT2D eigenvalue weighted by Crippen LogP contribution is -2.33. The molecular weight excluding hydrogens is 148 g/mol. The van der Waals surface area contributed by atoms with Crippen LogP contribution in [0.4, 0.5) is 0 Å². The van der Waals surface area contributed by atoms with Crippen molar-refractivity contribution in [3.05, 3.63) is 5.92 Å².